The SMILES string of the molecule is O=C1CCCN1CCOC1C=CC(c2ccccn2)=CN1. The van der Waals surface area contributed by atoms with Gasteiger partial charge in [-0.25, -0.2) is 0 Å². The third-order valence-electron chi connectivity index (χ3n) is 3.64. The van der Waals surface area contributed by atoms with Crippen molar-refractivity contribution in [2.75, 3.05) is 19.7 Å². The summed E-state index contributed by atoms with van der Waals surface area (Å²) in [5.41, 5.74) is 1.97. The van der Waals surface area contributed by atoms with Crippen LogP contribution >= 0.6 is 0 Å². The number of nitrogens with zero attached hydrogens (tertiary/aromatic N) is 2. The lowest BCUT2D eigenvalue weighted by atomic mass is 10.1. The highest BCUT2D eigenvalue weighted by Gasteiger charge is 2.19. The maximum absolute atomic E-state index is 11.5. The van der Waals surface area contributed by atoms with Crippen LogP contribution in [0.5, 0.6) is 0 Å². The van der Waals surface area contributed by atoms with E-state index in [4.69, 9.17) is 4.74 Å². The van der Waals surface area contributed by atoms with E-state index in [0.717, 1.165) is 24.2 Å². The molecule has 5 heteroatoms. The van der Waals surface area contributed by atoms with Crippen molar-refractivity contribution in [3.8, 4) is 0 Å². The molecule has 0 aromatic carbocycles. The van der Waals surface area contributed by atoms with Gasteiger partial charge in [0.2, 0.25) is 5.91 Å². The molecule has 3 heterocycles. The zero-order chi connectivity index (χ0) is 14.5. The summed E-state index contributed by atoms with van der Waals surface area (Å²) >= 11 is 0. The van der Waals surface area contributed by atoms with Gasteiger partial charge in [0, 0.05) is 37.5 Å². The summed E-state index contributed by atoms with van der Waals surface area (Å²) in [6, 6.07) is 5.83. The number of rotatable bonds is 5. The van der Waals surface area contributed by atoms with Crippen LogP contribution in [0.2, 0.25) is 0 Å². The molecule has 21 heavy (non-hydrogen) atoms. The number of dihydropyridines is 1. The number of carbonyl (C=O) groups excluding carboxylic acids is 1. The summed E-state index contributed by atoms with van der Waals surface area (Å²) in [7, 11) is 0. The second-order valence-electron chi connectivity index (χ2n) is 5.12. The molecule has 0 bridgehead atoms. The zero-order valence-electron chi connectivity index (χ0n) is 11.9. The average Bonchev–Trinajstić information content (AvgIpc) is 2.94. The average molecular weight is 285 g/mol. The van der Waals surface area contributed by atoms with E-state index >= 15 is 0 Å². The monoisotopic (exact) mass is 285 g/mol. The molecule has 1 amide bonds. The van der Waals surface area contributed by atoms with Gasteiger partial charge in [-0.1, -0.05) is 12.1 Å². The van der Waals surface area contributed by atoms with Crippen LogP contribution in [0.25, 0.3) is 5.57 Å². The third-order valence-corrected chi connectivity index (χ3v) is 3.64. The van der Waals surface area contributed by atoms with Crippen molar-refractivity contribution >= 4 is 11.5 Å². The first-order chi connectivity index (χ1) is 10.3. The predicted octanol–water partition coefficient (Wildman–Crippen LogP) is 1.55. The first-order valence-corrected chi connectivity index (χ1v) is 7.28. The topological polar surface area (TPSA) is 54.5 Å². The van der Waals surface area contributed by atoms with E-state index in [1.165, 1.54) is 0 Å². The second-order valence-corrected chi connectivity index (χ2v) is 5.12. The molecule has 1 saturated heterocycles. The highest BCUT2D eigenvalue weighted by atomic mass is 16.5. The predicted molar refractivity (Wildman–Crippen MR) is 80.0 cm³/mol. The number of ether oxygens (including phenoxy) is 1. The molecule has 5 nitrogen and oxygen atoms in total. The van der Waals surface area contributed by atoms with E-state index in [1.54, 1.807) is 6.20 Å². The van der Waals surface area contributed by atoms with Crippen molar-refractivity contribution in [2.24, 2.45) is 0 Å². The first-order valence-electron chi connectivity index (χ1n) is 7.28. The van der Waals surface area contributed by atoms with Crippen LogP contribution in [0, 0.1) is 0 Å². The summed E-state index contributed by atoms with van der Waals surface area (Å²) in [5, 5.41) is 3.19. The number of nitrogens with one attached hydrogen (secondary N) is 1. The Morgan fingerprint density at radius 3 is 3.05 bits per heavy atom. The van der Waals surface area contributed by atoms with E-state index in [9.17, 15) is 4.79 Å². The molecule has 110 valence electrons. The smallest absolute Gasteiger partial charge is 0.222 e. The largest absolute Gasteiger partial charge is 0.362 e. The number of pyridine rings is 1. The quantitative estimate of drug-likeness (QED) is 0.892. The van der Waals surface area contributed by atoms with Gasteiger partial charge in [0.15, 0.2) is 0 Å². The first kappa shape index (κ1) is 13.8. The number of aromatic nitrogens is 1. The van der Waals surface area contributed by atoms with Crippen molar-refractivity contribution in [1.29, 1.82) is 0 Å². The molecular weight excluding hydrogens is 266 g/mol. The Morgan fingerprint density at radius 2 is 2.38 bits per heavy atom. The van der Waals surface area contributed by atoms with Crippen molar-refractivity contribution in [3.05, 3.63) is 48.4 Å². The van der Waals surface area contributed by atoms with Gasteiger partial charge in [0.25, 0.3) is 0 Å². The van der Waals surface area contributed by atoms with E-state index in [-0.39, 0.29) is 12.1 Å². The number of hydrogen-bond donors (Lipinski definition) is 1. The van der Waals surface area contributed by atoms with Gasteiger partial charge >= 0.3 is 0 Å². The number of amides is 1. The van der Waals surface area contributed by atoms with Crippen molar-refractivity contribution in [1.82, 2.24) is 15.2 Å². The molecule has 0 spiro atoms. The van der Waals surface area contributed by atoms with Crippen LogP contribution in [-0.2, 0) is 9.53 Å². The second kappa shape index (κ2) is 6.54. The van der Waals surface area contributed by atoms with Gasteiger partial charge in [0.1, 0.15) is 6.23 Å². The van der Waals surface area contributed by atoms with Crippen molar-refractivity contribution in [2.45, 2.75) is 19.1 Å². The zero-order valence-corrected chi connectivity index (χ0v) is 11.9. The lowest BCUT2D eigenvalue weighted by Gasteiger charge is -2.21. The Labute approximate surface area is 124 Å². The summed E-state index contributed by atoms with van der Waals surface area (Å²) < 4.78 is 5.72. The summed E-state index contributed by atoms with van der Waals surface area (Å²) in [6.45, 7) is 2.07. The van der Waals surface area contributed by atoms with Crippen LogP contribution < -0.4 is 5.32 Å². The highest BCUT2D eigenvalue weighted by molar-refractivity contribution is 5.78. The van der Waals surface area contributed by atoms with Crippen LogP contribution in [-0.4, -0.2) is 41.7 Å². The van der Waals surface area contributed by atoms with Gasteiger partial charge in [-0.2, -0.15) is 0 Å². The molecule has 2 aliphatic rings. The number of likely N-dealkylation sites (tertiary alicyclic amines) is 1. The molecule has 0 radical (unpaired) electrons. The van der Waals surface area contributed by atoms with E-state index in [2.05, 4.69) is 10.3 Å². The lowest BCUT2D eigenvalue weighted by Crippen LogP contribution is -2.33. The fourth-order valence-corrected chi connectivity index (χ4v) is 2.49. The Hall–Kier alpha value is -2.14. The fourth-order valence-electron chi connectivity index (χ4n) is 2.49. The van der Waals surface area contributed by atoms with Gasteiger partial charge < -0.3 is 15.0 Å². The highest BCUT2D eigenvalue weighted by Crippen LogP contribution is 2.16. The molecule has 1 atom stereocenters. The van der Waals surface area contributed by atoms with Gasteiger partial charge in [-0.15, -0.1) is 0 Å². The number of hydrogen-bond acceptors (Lipinski definition) is 4. The Bertz CT molecular complexity index is 554. The van der Waals surface area contributed by atoms with Crippen LogP contribution in [0.1, 0.15) is 18.5 Å². The van der Waals surface area contributed by atoms with Crippen LogP contribution in [0.4, 0.5) is 0 Å². The normalized spacial score (nSPS) is 21.3. The maximum atomic E-state index is 11.5. The molecule has 1 fully saturated rings. The minimum atomic E-state index is -0.143. The molecule has 1 aromatic heterocycles. The molecule has 2 aliphatic heterocycles. The lowest BCUT2D eigenvalue weighted by molar-refractivity contribution is -0.128. The van der Waals surface area contributed by atoms with Gasteiger partial charge in [-0.3, -0.25) is 9.78 Å². The van der Waals surface area contributed by atoms with Crippen LogP contribution in [0.15, 0.2) is 42.7 Å². The molecule has 1 aromatic rings. The van der Waals surface area contributed by atoms with E-state index in [1.807, 2.05) is 41.5 Å². The van der Waals surface area contributed by atoms with Gasteiger partial charge in [0.05, 0.1) is 12.3 Å². The van der Waals surface area contributed by atoms with Crippen molar-refractivity contribution < 1.29 is 9.53 Å². The summed E-state index contributed by atoms with van der Waals surface area (Å²) in [4.78, 5) is 17.6. The van der Waals surface area contributed by atoms with E-state index in [0.29, 0.717) is 19.6 Å². The number of allylic oxidation sites excluding steroid dienone is 2. The standard InChI is InChI=1S/C16H19N3O2/c20-16-5-3-9-19(16)10-11-21-15-7-6-13(12-18-15)14-4-1-2-8-17-14/h1-2,4,6-8,12,15,18H,3,5,9-11H2. The molecule has 3 rings (SSSR count). The van der Waals surface area contributed by atoms with E-state index < -0.39 is 0 Å². The number of carbonyl (C=O) groups is 1. The molecule has 1 unspecified atom stereocenters. The Morgan fingerprint density at radius 1 is 1.43 bits per heavy atom. The fraction of sp³-hybridized carbons (Fsp3) is 0.375. The van der Waals surface area contributed by atoms with Crippen LogP contribution in [0.3, 0.4) is 0 Å². The van der Waals surface area contributed by atoms with Gasteiger partial charge in [-0.05, 0) is 24.6 Å². The molecule has 0 aliphatic carbocycles. The molecule has 0 saturated carbocycles. The minimum Gasteiger partial charge on any atom is -0.362 e. The summed E-state index contributed by atoms with van der Waals surface area (Å²) in [6.07, 6.45) is 9.16. The summed E-state index contributed by atoms with van der Waals surface area (Å²) in [5.74, 6) is 0.239. The molecular formula is C16H19N3O2. The Balaban J connectivity index is 1.45. The maximum Gasteiger partial charge on any atom is 0.222 e. The third kappa shape index (κ3) is 3.49. The Kier molecular flexibility index (Phi) is 4.31. The molecule has 1 N–H and O–H groups in total. The minimum absolute atomic E-state index is 0.143. The van der Waals surface area contributed by atoms with Crippen molar-refractivity contribution in [3.63, 3.8) is 0 Å².